The quantitative estimate of drug-likeness (QED) is 0.795. The third kappa shape index (κ3) is 3.45. The fourth-order valence-corrected chi connectivity index (χ4v) is 4.18. The van der Waals surface area contributed by atoms with E-state index in [4.69, 9.17) is 11.6 Å². The molecule has 2 aliphatic heterocycles. The summed E-state index contributed by atoms with van der Waals surface area (Å²) in [6.45, 7) is 0.784. The van der Waals surface area contributed by atoms with Crippen LogP contribution in [0.1, 0.15) is 34.1 Å². The number of hydrogen-bond acceptors (Lipinski definition) is 5. The minimum absolute atomic E-state index is 0.0342. The van der Waals surface area contributed by atoms with Gasteiger partial charge in [0.25, 0.3) is 5.91 Å². The molecular formula is C18H17ClF3N5O. The second-order valence-electron chi connectivity index (χ2n) is 6.87. The van der Waals surface area contributed by atoms with Crippen molar-refractivity contribution in [2.45, 2.75) is 24.7 Å². The van der Waals surface area contributed by atoms with Crippen molar-refractivity contribution < 1.29 is 18.0 Å². The standard InChI is InChI=1S/C18H17ClF3N5O/c19-15-11(2-1-3-12(15)18(20,21)22)17(28)27-7-4-10-14(9-27)25-26-16(10)13-8-23-5-6-24-13/h1-3,5-6,8,10,14,16,25-26H,4,7,9H2. The third-order valence-corrected chi connectivity index (χ3v) is 5.65. The average Bonchev–Trinajstić information content (AvgIpc) is 3.10. The molecule has 1 aromatic carbocycles. The van der Waals surface area contributed by atoms with Crippen LogP contribution in [-0.2, 0) is 6.18 Å². The second kappa shape index (κ2) is 7.31. The minimum Gasteiger partial charge on any atom is -0.337 e. The molecule has 3 heterocycles. The van der Waals surface area contributed by atoms with Gasteiger partial charge in [0.15, 0.2) is 0 Å². The second-order valence-corrected chi connectivity index (χ2v) is 7.25. The summed E-state index contributed by atoms with van der Waals surface area (Å²) in [5.41, 5.74) is 6.03. The Bertz CT molecular complexity index is 879. The summed E-state index contributed by atoms with van der Waals surface area (Å²) in [5.74, 6) is -0.308. The summed E-state index contributed by atoms with van der Waals surface area (Å²) in [7, 11) is 0. The van der Waals surface area contributed by atoms with E-state index in [2.05, 4.69) is 20.8 Å². The predicted octanol–water partition coefficient (Wildman–Crippen LogP) is 2.83. The Labute approximate surface area is 164 Å². The lowest BCUT2D eigenvalue weighted by molar-refractivity contribution is -0.137. The normalized spacial score (nSPS) is 24.9. The van der Waals surface area contributed by atoms with Gasteiger partial charge in [-0.05, 0) is 18.6 Å². The van der Waals surface area contributed by atoms with Crippen LogP contribution in [0.15, 0.2) is 36.8 Å². The molecule has 28 heavy (non-hydrogen) atoms. The van der Waals surface area contributed by atoms with E-state index in [1.807, 2.05) is 0 Å². The fraction of sp³-hybridized carbons (Fsp3) is 0.389. The maximum absolute atomic E-state index is 13.1. The zero-order chi connectivity index (χ0) is 19.9. The molecule has 2 N–H and O–H groups in total. The number of benzene rings is 1. The Morgan fingerprint density at radius 2 is 2.07 bits per heavy atom. The van der Waals surface area contributed by atoms with Gasteiger partial charge in [0, 0.05) is 37.4 Å². The van der Waals surface area contributed by atoms with Gasteiger partial charge in [-0.2, -0.15) is 13.2 Å². The molecule has 0 spiro atoms. The van der Waals surface area contributed by atoms with Gasteiger partial charge in [-0.3, -0.25) is 20.2 Å². The van der Waals surface area contributed by atoms with Gasteiger partial charge in [-0.1, -0.05) is 17.7 Å². The number of fused-ring (bicyclic) bond motifs is 1. The van der Waals surface area contributed by atoms with E-state index in [1.165, 1.54) is 17.0 Å². The molecule has 6 nitrogen and oxygen atoms in total. The molecule has 2 aliphatic rings. The van der Waals surface area contributed by atoms with Gasteiger partial charge in [0.2, 0.25) is 0 Å². The molecule has 148 valence electrons. The lowest BCUT2D eigenvalue weighted by atomic mass is 9.86. The molecule has 0 saturated carbocycles. The van der Waals surface area contributed by atoms with Crippen LogP contribution in [0.4, 0.5) is 13.2 Å². The first-order valence-electron chi connectivity index (χ1n) is 8.78. The highest BCUT2D eigenvalue weighted by atomic mass is 35.5. The van der Waals surface area contributed by atoms with Gasteiger partial charge < -0.3 is 4.90 Å². The molecule has 2 fully saturated rings. The summed E-state index contributed by atoms with van der Waals surface area (Å²) >= 11 is 5.91. The third-order valence-electron chi connectivity index (χ3n) is 5.24. The SMILES string of the molecule is O=C(c1cccc(C(F)(F)F)c1Cl)N1CCC2C(C1)NNC2c1cnccn1. The molecule has 0 aliphatic carbocycles. The molecule has 10 heteroatoms. The van der Waals surface area contributed by atoms with E-state index in [9.17, 15) is 18.0 Å². The number of carbonyl (C=O) groups is 1. The zero-order valence-electron chi connectivity index (χ0n) is 14.6. The first-order valence-corrected chi connectivity index (χ1v) is 9.16. The lowest BCUT2D eigenvalue weighted by Gasteiger charge is -2.35. The highest BCUT2D eigenvalue weighted by Gasteiger charge is 2.43. The molecule has 0 radical (unpaired) electrons. The average molecular weight is 412 g/mol. The van der Waals surface area contributed by atoms with Gasteiger partial charge in [0.05, 0.1) is 34.1 Å². The van der Waals surface area contributed by atoms with Crippen LogP contribution < -0.4 is 10.9 Å². The van der Waals surface area contributed by atoms with Gasteiger partial charge in [0.1, 0.15) is 0 Å². The summed E-state index contributed by atoms with van der Waals surface area (Å²) in [4.78, 5) is 22.8. The van der Waals surface area contributed by atoms with E-state index in [0.29, 0.717) is 19.5 Å². The molecule has 1 aromatic heterocycles. The summed E-state index contributed by atoms with van der Waals surface area (Å²) < 4.78 is 39.2. The maximum Gasteiger partial charge on any atom is 0.417 e. The van der Waals surface area contributed by atoms with Gasteiger partial charge in [-0.15, -0.1) is 0 Å². The zero-order valence-corrected chi connectivity index (χ0v) is 15.3. The largest absolute Gasteiger partial charge is 0.417 e. The number of likely N-dealkylation sites (tertiary alicyclic amines) is 1. The predicted molar refractivity (Wildman–Crippen MR) is 95.3 cm³/mol. The topological polar surface area (TPSA) is 70.2 Å². The lowest BCUT2D eigenvalue weighted by Crippen LogP contribution is -2.49. The summed E-state index contributed by atoms with van der Waals surface area (Å²) in [6, 6.07) is 3.32. The van der Waals surface area contributed by atoms with E-state index in [1.54, 1.807) is 18.6 Å². The van der Waals surface area contributed by atoms with Crippen LogP contribution in [0, 0.1) is 5.92 Å². The van der Waals surface area contributed by atoms with Gasteiger partial charge in [-0.25, -0.2) is 5.43 Å². The highest BCUT2D eigenvalue weighted by Crippen LogP contribution is 2.38. The molecule has 2 saturated heterocycles. The molecule has 3 unspecified atom stereocenters. The van der Waals surface area contributed by atoms with Crippen LogP contribution >= 0.6 is 11.6 Å². The number of nitrogens with zero attached hydrogens (tertiary/aromatic N) is 3. The highest BCUT2D eigenvalue weighted by molar-refractivity contribution is 6.34. The van der Waals surface area contributed by atoms with Crippen LogP contribution in [0.3, 0.4) is 0 Å². The molecule has 1 amide bonds. The number of aromatic nitrogens is 2. The van der Waals surface area contributed by atoms with Crippen molar-refractivity contribution >= 4 is 17.5 Å². The summed E-state index contributed by atoms with van der Waals surface area (Å²) in [6.07, 6.45) is 0.985. The smallest absolute Gasteiger partial charge is 0.337 e. The first-order chi connectivity index (χ1) is 13.4. The van der Waals surface area contributed by atoms with Crippen LogP contribution in [0.2, 0.25) is 5.02 Å². The van der Waals surface area contributed by atoms with Crippen LogP contribution in [-0.4, -0.2) is 39.9 Å². The van der Waals surface area contributed by atoms with Crippen molar-refractivity contribution in [3.63, 3.8) is 0 Å². The van der Waals surface area contributed by atoms with E-state index < -0.39 is 22.7 Å². The van der Waals surface area contributed by atoms with Crippen molar-refractivity contribution in [3.05, 3.63) is 58.6 Å². The first kappa shape index (κ1) is 19.1. The molecule has 0 bridgehead atoms. The number of halogens is 4. The maximum atomic E-state index is 13.1. The molecular weight excluding hydrogens is 395 g/mol. The number of nitrogens with one attached hydrogen (secondary N) is 2. The minimum atomic E-state index is -4.61. The molecule has 3 atom stereocenters. The van der Waals surface area contributed by atoms with Crippen molar-refractivity contribution in [1.82, 2.24) is 25.7 Å². The van der Waals surface area contributed by atoms with Crippen LogP contribution in [0.5, 0.6) is 0 Å². The Balaban J connectivity index is 1.51. The Kier molecular flexibility index (Phi) is 4.98. The number of piperidine rings is 1. The molecule has 2 aromatic rings. The number of hydrazine groups is 1. The van der Waals surface area contributed by atoms with Crippen molar-refractivity contribution in [1.29, 1.82) is 0 Å². The monoisotopic (exact) mass is 411 g/mol. The van der Waals surface area contributed by atoms with Crippen molar-refractivity contribution in [2.24, 2.45) is 5.92 Å². The van der Waals surface area contributed by atoms with E-state index in [0.717, 1.165) is 11.8 Å². The van der Waals surface area contributed by atoms with E-state index >= 15 is 0 Å². The number of hydrogen-bond donors (Lipinski definition) is 2. The number of carbonyl (C=O) groups excluding carboxylic acids is 1. The molecule has 4 rings (SSSR count). The number of alkyl halides is 3. The Morgan fingerprint density at radius 3 is 2.79 bits per heavy atom. The summed E-state index contributed by atoms with van der Waals surface area (Å²) in [5, 5.41) is -0.558. The van der Waals surface area contributed by atoms with Gasteiger partial charge >= 0.3 is 6.18 Å². The number of amides is 1. The fourth-order valence-electron chi connectivity index (χ4n) is 3.86. The van der Waals surface area contributed by atoms with Crippen molar-refractivity contribution in [3.8, 4) is 0 Å². The Hall–Kier alpha value is -2.23. The Morgan fingerprint density at radius 1 is 1.25 bits per heavy atom. The van der Waals surface area contributed by atoms with E-state index in [-0.39, 0.29) is 23.6 Å². The number of rotatable bonds is 2. The van der Waals surface area contributed by atoms with Crippen LogP contribution in [0.25, 0.3) is 0 Å². The van der Waals surface area contributed by atoms with Crippen molar-refractivity contribution in [2.75, 3.05) is 13.1 Å².